The van der Waals surface area contributed by atoms with E-state index in [1.54, 1.807) is 7.11 Å². The Balaban J connectivity index is 1.88. The summed E-state index contributed by atoms with van der Waals surface area (Å²) in [6.45, 7) is 0.115. The Bertz CT molecular complexity index is 387. The summed E-state index contributed by atoms with van der Waals surface area (Å²) in [7, 11) is 1.67. The van der Waals surface area contributed by atoms with Gasteiger partial charge in [0.25, 0.3) is 0 Å². The van der Waals surface area contributed by atoms with Gasteiger partial charge in [-0.15, -0.1) is 0 Å². The van der Waals surface area contributed by atoms with E-state index < -0.39 is 0 Å². The molecule has 0 aromatic carbocycles. The Morgan fingerprint density at radius 1 is 1.59 bits per heavy atom. The smallest absolute Gasteiger partial charge is 0.164 e. The lowest BCUT2D eigenvalue weighted by Gasteiger charge is -2.47. The van der Waals surface area contributed by atoms with Crippen LogP contribution in [-0.2, 0) is 14.2 Å². The van der Waals surface area contributed by atoms with Gasteiger partial charge in [-0.25, -0.2) is 0 Å². The molecule has 0 aliphatic carbocycles. The van der Waals surface area contributed by atoms with Crippen LogP contribution in [0.1, 0.15) is 0 Å². The van der Waals surface area contributed by atoms with Crippen molar-refractivity contribution in [3.05, 3.63) is 12.2 Å². The zero-order valence-electron chi connectivity index (χ0n) is 9.67. The second-order valence-electron chi connectivity index (χ2n) is 5.30. The number of fused-ring (bicyclic) bond motifs is 2. The van der Waals surface area contributed by atoms with Gasteiger partial charge in [-0.3, -0.25) is 0 Å². The maximum Gasteiger partial charge on any atom is 0.164 e. The number of thioether (sulfide) groups is 1. The first-order valence-electron chi connectivity index (χ1n) is 6.01. The van der Waals surface area contributed by atoms with Crippen LogP contribution < -0.4 is 0 Å². The summed E-state index contributed by atoms with van der Waals surface area (Å²) in [5.74, 6) is 1.96. The van der Waals surface area contributed by atoms with Crippen molar-refractivity contribution >= 4 is 11.8 Å². The highest BCUT2D eigenvalue weighted by molar-refractivity contribution is 7.99. The van der Waals surface area contributed by atoms with Gasteiger partial charge >= 0.3 is 0 Å². The van der Waals surface area contributed by atoms with Crippen LogP contribution in [0.15, 0.2) is 12.2 Å². The molecule has 3 fully saturated rings. The van der Waals surface area contributed by atoms with Crippen molar-refractivity contribution in [2.75, 3.05) is 25.2 Å². The molecule has 0 aromatic heterocycles. The number of rotatable bonds is 2. The van der Waals surface area contributed by atoms with E-state index in [0.29, 0.717) is 0 Å². The fourth-order valence-electron chi connectivity index (χ4n) is 4.12. The van der Waals surface area contributed by atoms with Gasteiger partial charge in [0.15, 0.2) is 6.29 Å². The standard InChI is InChI=1S/C12H16O4S/c1-14-10-9-7-2-3-11(16-7)6-17-4-8(15-10)12(9,11)5-13/h2-3,7-10,13H,4-6H2,1H3/t7-,8+,9+,10-,11-,12-/m0/s1. The summed E-state index contributed by atoms with van der Waals surface area (Å²) in [4.78, 5) is 0. The largest absolute Gasteiger partial charge is 0.396 e. The van der Waals surface area contributed by atoms with Crippen molar-refractivity contribution < 1.29 is 19.3 Å². The van der Waals surface area contributed by atoms with E-state index in [2.05, 4.69) is 12.2 Å². The molecular weight excluding hydrogens is 240 g/mol. The monoisotopic (exact) mass is 256 g/mol. The van der Waals surface area contributed by atoms with Gasteiger partial charge in [0, 0.05) is 18.6 Å². The predicted molar refractivity (Wildman–Crippen MR) is 62.7 cm³/mol. The minimum absolute atomic E-state index is 0.0378. The highest BCUT2D eigenvalue weighted by Gasteiger charge is 2.76. The molecule has 4 aliphatic rings. The molecule has 4 nitrogen and oxygen atoms in total. The van der Waals surface area contributed by atoms with Gasteiger partial charge < -0.3 is 19.3 Å². The minimum Gasteiger partial charge on any atom is -0.396 e. The normalized spacial score (nSPS) is 58.7. The van der Waals surface area contributed by atoms with Crippen LogP contribution in [0.2, 0.25) is 0 Å². The van der Waals surface area contributed by atoms with Crippen LogP contribution in [0.3, 0.4) is 0 Å². The first-order valence-corrected chi connectivity index (χ1v) is 7.17. The van der Waals surface area contributed by atoms with Crippen molar-refractivity contribution in [3.63, 3.8) is 0 Å². The van der Waals surface area contributed by atoms with Crippen LogP contribution in [0, 0.1) is 11.3 Å². The minimum atomic E-state index is -0.335. The van der Waals surface area contributed by atoms with Crippen LogP contribution in [0.25, 0.3) is 0 Å². The maximum atomic E-state index is 10.0. The molecule has 4 rings (SSSR count). The number of aliphatic hydroxyl groups excluding tert-OH is 1. The lowest BCUT2D eigenvalue weighted by atomic mass is 9.61. The Labute approximate surface area is 104 Å². The Morgan fingerprint density at radius 3 is 3.24 bits per heavy atom. The second-order valence-corrected chi connectivity index (χ2v) is 6.33. The average molecular weight is 256 g/mol. The van der Waals surface area contributed by atoms with E-state index in [4.69, 9.17) is 14.2 Å². The molecule has 2 bridgehead atoms. The van der Waals surface area contributed by atoms with Crippen LogP contribution in [0.5, 0.6) is 0 Å². The van der Waals surface area contributed by atoms with E-state index in [0.717, 1.165) is 11.5 Å². The van der Waals surface area contributed by atoms with Crippen LogP contribution >= 0.6 is 11.8 Å². The van der Waals surface area contributed by atoms with Crippen molar-refractivity contribution in [3.8, 4) is 0 Å². The first-order chi connectivity index (χ1) is 8.27. The lowest BCUT2D eigenvalue weighted by Crippen LogP contribution is -2.59. The summed E-state index contributed by atoms with van der Waals surface area (Å²) in [5.41, 5.74) is -0.629. The maximum absolute atomic E-state index is 10.0. The molecule has 4 heterocycles. The summed E-state index contributed by atoms with van der Waals surface area (Å²) >= 11 is 1.84. The molecule has 1 spiro atoms. The third kappa shape index (κ3) is 0.988. The highest BCUT2D eigenvalue weighted by atomic mass is 32.2. The summed E-state index contributed by atoms with van der Waals surface area (Å²) in [5, 5.41) is 10.0. The van der Waals surface area contributed by atoms with Gasteiger partial charge in [0.05, 0.1) is 30.1 Å². The Kier molecular flexibility index (Phi) is 2.08. The Morgan fingerprint density at radius 2 is 2.47 bits per heavy atom. The van der Waals surface area contributed by atoms with E-state index >= 15 is 0 Å². The van der Waals surface area contributed by atoms with Gasteiger partial charge in [-0.05, 0) is 0 Å². The zero-order chi connectivity index (χ0) is 11.7. The molecule has 1 N–H and O–H groups in total. The quantitative estimate of drug-likeness (QED) is 0.725. The van der Waals surface area contributed by atoms with Crippen molar-refractivity contribution in [1.82, 2.24) is 0 Å². The third-order valence-electron chi connectivity index (χ3n) is 4.88. The summed E-state index contributed by atoms with van der Waals surface area (Å²) in [6.07, 6.45) is 4.09. The number of hydrogen-bond donors (Lipinski definition) is 1. The van der Waals surface area contributed by atoms with Crippen molar-refractivity contribution in [1.29, 1.82) is 0 Å². The fourth-order valence-corrected chi connectivity index (χ4v) is 5.57. The predicted octanol–water partition coefficient (Wildman–Crippen LogP) is 0.407. The van der Waals surface area contributed by atoms with Gasteiger partial charge in [-0.1, -0.05) is 12.2 Å². The van der Waals surface area contributed by atoms with Gasteiger partial charge in [0.2, 0.25) is 0 Å². The summed E-state index contributed by atoms with van der Waals surface area (Å²) < 4.78 is 17.6. The fraction of sp³-hybridized carbons (Fsp3) is 0.833. The number of ether oxygens (including phenoxy) is 3. The number of methoxy groups -OCH3 is 1. The molecule has 17 heavy (non-hydrogen) atoms. The molecule has 0 unspecified atom stereocenters. The molecule has 0 aromatic rings. The molecule has 6 atom stereocenters. The molecule has 5 heteroatoms. The van der Waals surface area contributed by atoms with E-state index in [1.165, 1.54) is 0 Å². The average Bonchev–Trinajstić information content (AvgIpc) is 2.98. The van der Waals surface area contributed by atoms with E-state index in [-0.39, 0.29) is 42.0 Å². The molecule has 94 valence electrons. The Hall–Kier alpha value is -0.0700. The molecule has 0 saturated carbocycles. The lowest BCUT2D eigenvalue weighted by molar-refractivity contribution is -0.155. The second kappa shape index (κ2) is 3.27. The highest BCUT2D eigenvalue weighted by Crippen LogP contribution is 2.66. The van der Waals surface area contributed by atoms with Crippen molar-refractivity contribution in [2.24, 2.45) is 11.3 Å². The molecule has 4 aliphatic heterocycles. The summed E-state index contributed by atoms with van der Waals surface area (Å²) in [6, 6.07) is 0. The van der Waals surface area contributed by atoms with Crippen LogP contribution in [-0.4, -0.2) is 54.4 Å². The van der Waals surface area contributed by atoms with Gasteiger partial charge in [-0.2, -0.15) is 11.8 Å². The number of hydrogen-bond acceptors (Lipinski definition) is 5. The van der Waals surface area contributed by atoms with Crippen molar-refractivity contribution in [2.45, 2.75) is 24.1 Å². The molecule has 0 radical (unpaired) electrons. The molecule has 3 saturated heterocycles. The van der Waals surface area contributed by atoms with E-state index in [9.17, 15) is 5.11 Å². The third-order valence-corrected chi connectivity index (χ3v) is 6.06. The van der Waals surface area contributed by atoms with Crippen LogP contribution in [0.4, 0.5) is 0 Å². The SMILES string of the molecule is CO[C@H]1O[C@@H]2CSC[C@]34C=C[C@H](O3)[C@H]1[C@]24CO. The van der Waals surface area contributed by atoms with Gasteiger partial charge in [0.1, 0.15) is 5.60 Å². The molecular formula is C12H16O4S. The first kappa shape index (κ1) is 10.8. The zero-order valence-corrected chi connectivity index (χ0v) is 10.5. The number of aliphatic hydroxyl groups is 1. The topological polar surface area (TPSA) is 47.9 Å². The van der Waals surface area contributed by atoms with E-state index in [1.807, 2.05) is 11.8 Å². The molecule has 0 amide bonds.